The van der Waals surface area contributed by atoms with Gasteiger partial charge in [0.15, 0.2) is 23.0 Å². The number of phenols is 2. The van der Waals surface area contributed by atoms with Crippen LogP contribution < -0.4 is 9.47 Å². The van der Waals surface area contributed by atoms with Crippen molar-refractivity contribution in [3.05, 3.63) is 38.9 Å². The Bertz CT molecular complexity index is 1000. The van der Waals surface area contributed by atoms with E-state index >= 15 is 0 Å². The van der Waals surface area contributed by atoms with Gasteiger partial charge in [0.25, 0.3) is 0 Å². The SMILES string of the molecule is CCCCOC(=O)c1c(O)c(Cl)c(C)c(Cl)c1Oc1c(OC)cc(O)cc1C(=O)OC. The lowest BCUT2D eigenvalue weighted by Crippen LogP contribution is -2.11. The second-order valence-corrected chi connectivity index (χ2v) is 7.17. The fourth-order valence-electron chi connectivity index (χ4n) is 2.65. The van der Waals surface area contributed by atoms with Crippen molar-refractivity contribution in [1.29, 1.82) is 0 Å². The molecule has 0 heterocycles. The molecule has 0 aromatic heterocycles. The lowest BCUT2D eigenvalue weighted by Gasteiger charge is -2.19. The zero-order chi connectivity index (χ0) is 23.3. The molecule has 0 bridgehead atoms. The average molecular weight is 473 g/mol. The summed E-state index contributed by atoms with van der Waals surface area (Å²) in [6, 6.07) is 2.29. The number of carbonyl (C=O) groups is 2. The number of carbonyl (C=O) groups excluding carboxylic acids is 2. The van der Waals surface area contributed by atoms with Crippen molar-refractivity contribution < 1.29 is 38.7 Å². The van der Waals surface area contributed by atoms with Crippen molar-refractivity contribution in [3.63, 3.8) is 0 Å². The smallest absolute Gasteiger partial charge is 0.345 e. The van der Waals surface area contributed by atoms with E-state index < -0.39 is 23.3 Å². The van der Waals surface area contributed by atoms with E-state index in [0.29, 0.717) is 6.42 Å². The van der Waals surface area contributed by atoms with Gasteiger partial charge in [-0.05, 0) is 25.0 Å². The van der Waals surface area contributed by atoms with Crippen molar-refractivity contribution in [3.8, 4) is 28.7 Å². The Labute approximate surface area is 189 Å². The Kier molecular flexibility index (Phi) is 8.24. The van der Waals surface area contributed by atoms with Crippen molar-refractivity contribution in [1.82, 2.24) is 0 Å². The van der Waals surface area contributed by atoms with Gasteiger partial charge in [0.05, 0.1) is 30.9 Å². The molecule has 0 radical (unpaired) electrons. The number of methoxy groups -OCH3 is 2. The molecular weight excluding hydrogens is 451 g/mol. The minimum Gasteiger partial charge on any atom is -0.508 e. The molecule has 168 valence electrons. The number of hydrogen-bond acceptors (Lipinski definition) is 8. The maximum absolute atomic E-state index is 12.7. The molecule has 2 aromatic carbocycles. The first-order valence-electron chi connectivity index (χ1n) is 9.22. The van der Waals surface area contributed by atoms with Gasteiger partial charge in [0.1, 0.15) is 16.9 Å². The number of rotatable bonds is 8. The summed E-state index contributed by atoms with van der Waals surface area (Å²) in [5, 5.41) is 20.2. The molecule has 0 aliphatic rings. The van der Waals surface area contributed by atoms with Crippen LogP contribution in [0.15, 0.2) is 12.1 Å². The second kappa shape index (κ2) is 10.5. The van der Waals surface area contributed by atoms with Crippen LogP contribution in [-0.2, 0) is 9.47 Å². The van der Waals surface area contributed by atoms with E-state index in [2.05, 4.69) is 0 Å². The van der Waals surface area contributed by atoms with E-state index in [1.165, 1.54) is 20.1 Å². The van der Waals surface area contributed by atoms with Crippen LogP contribution in [0.25, 0.3) is 0 Å². The van der Waals surface area contributed by atoms with E-state index in [1.807, 2.05) is 6.92 Å². The first-order chi connectivity index (χ1) is 14.7. The van der Waals surface area contributed by atoms with Crippen molar-refractivity contribution in [2.24, 2.45) is 0 Å². The summed E-state index contributed by atoms with van der Waals surface area (Å²) in [6.45, 7) is 3.54. The number of esters is 2. The van der Waals surface area contributed by atoms with Crippen LogP contribution in [0.3, 0.4) is 0 Å². The van der Waals surface area contributed by atoms with Crippen LogP contribution in [-0.4, -0.2) is 43.0 Å². The summed E-state index contributed by atoms with van der Waals surface area (Å²) in [6.07, 6.45) is 1.39. The van der Waals surface area contributed by atoms with Crippen molar-refractivity contribution in [2.45, 2.75) is 26.7 Å². The highest BCUT2D eigenvalue weighted by Crippen LogP contribution is 2.48. The number of aromatic hydroxyl groups is 2. The molecule has 10 heteroatoms. The Morgan fingerprint density at radius 1 is 1.03 bits per heavy atom. The first-order valence-corrected chi connectivity index (χ1v) is 9.98. The van der Waals surface area contributed by atoms with Gasteiger partial charge in [0.2, 0.25) is 0 Å². The Morgan fingerprint density at radius 2 is 1.71 bits per heavy atom. The predicted octanol–water partition coefficient (Wildman–Crippen LogP) is 5.26. The van der Waals surface area contributed by atoms with E-state index in [9.17, 15) is 19.8 Å². The molecule has 2 N–H and O–H groups in total. The third kappa shape index (κ3) is 5.08. The van der Waals surface area contributed by atoms with Gasteiger partial charge < -0.3 is 29.2 Å². The molecule has 0 amide bonds. The van der Waals surface area contributed by atoms with E-state index in [-0.39, 0.29) is 50.8 Å². The predicted molar refractivity (Wildman–Crippen MR) is 114 cm³/mol. The average Bonchev–Trinajstić information content (AvgIpc) is 2.76. The van der Waals surface area contributed by atoms with Gasteiger partial charge in [-0.3, -0.25) is 0 Å². The van der Waals surface area contributed by atoms with Crippen molar-refractivity contribution in [2.75, 3.05) is 20.8 Å². The summed E-state index contributed by atoms with van der Waals surface area (Å²) in [4.78, 5) is 25.0. The summed E-state index contributed by atoms with van der Waals surface area (Å²) in [5.74, 6) is -3.17. The van der Waals surface area contributed by atoms with Gasteiger partial charge in [-0.2, -0.15) is 0 Å². The summed E-state index contributed by atoms with van der Waals surface area (Å²) >= 11 is 12.5. The largest absolute Gasteiger partial charge is 0.508 e. The molecule has 0 unspecified atom stereocenters. The number of ether oxygens (including phenoxy) is 4. The quantitative estimate of drug-likeness (QED) is 0.395. The van der Waals surface area contributed by atoms with Crippen LogP contribution >= 0.6 is 23.2 Å². The molecule has 0 spiro atoms. The van der Waals surface area contributed by atoms with Gasteiger partial charge in [-0.25, -0.2) is 9.59 Å². The Balaban J connectivity index is 2.72. The second-order valence-electron chi connectivity index (χ2n) is 6.41. The molecule has 0 fully saturated rings. The summed E-state index contributed by atoms with van der Waals surface area (Å²) in [7, 11) is 2.43. The molecule has 0 aliphatic carbocycles. The third-order valence-electron chi connectivity index (χ3n) is 4.33. The van der Waals surface area contributed by atoms with E-state index in [4.69, 9.17) is 42.1 Å². The van der Waals surface area contributed by atoms with Crippen LogP contribution in [0.4, 0.5) is 0 Å². The fourth-order valence-corrected chi connectivity index (χ4v) is 3.11. The van der Waals surface area contributed by atoms with E-state index in [0.717, 1.165) is 19.6 Å². The fraction of sp³-hybridized carbons (Fsp3) is 0.333. The number of halogens is 2. The number of unbranched alkanes of at least 4 members (excludes halogenated alkanes) is 1. The van der Waals surface area contributed by atoms with E-state index in [1.54, 1.807) is 0 Å². The topological polar surface area (TPSA) is 112 Å². The Hall–Kier alpha value is -2.84. The molecule has 0 aliphatic heterocycles. The highest BCUT2D eigenvalue weighted by molar-refractivity contribution is 6.38. The standard InChI is InChI=1S/C21H22Cl2O8/c1-5-6-7-30-21(27)14-17(25)15(22)10(2)16(23)19(14)31-18-12(20(26)29-4)8-11(24)9-13(18)28-3/h8-9,24-25H,5-7H2,1-4H3. The van der Waals surface area contributed by atoms with Gasteiger partial charge in [-0.1, -0.05) is 36.5 Å². The lowest BCUT2D eigenvalue weighted by molar-refractivity contribution is 0.0493. The van der Waals surface area contributed by atoms with Gasteiger partial charge in [-0.15, -0.1) is 0 Å². The summed E-state index contributed by atoms with van der Waals surface area (Å²) < 4.78 is 20.9. The molecular formula is C21H22Cl2O8. The number of phenolic OH excluding ortho intramolecular Hbond substituents is 2. The van der Waals surface area contributed by atoms with Crippen LogP contribution in [0.1, 0.15) is 46.0 Å². The maximum Gasteiger partial charge on any atom is 0.345 e. The van der Waals surface area contributed by atoms with Gasteiger partial charge in [0, 0.05) is 6.07 Å². The van der Waals surface area contributed by atoms with Gasteiger partial charge >= 0.3 is 11.9 Å². The monoisotopic (exact) mass is 472 g/mol. The van der Waals surface area contributed by atoms with Crippen LogP contribution in [0.2, 0.25) is 10.0 Å². The van der Waals surface area contributed by atoms with Crippen molar-refractivity contribution >= 4 is 35.1 Å². The highest BCUT2D eigenvalue weighted by atomic mass is 35.5. The lowest BCUT2D eigenvalue weighted by atomic mass is 10.1. The highest BCUT2D eigenvalue weighted by Gasteiger charge is 2.30. The number of benzene rings is 2. The minimum absolute atomic E-state index is 0.0474. The maximum atomic E-state index is 12.7. The Morgan fingerprint density at radius 3 is 2.29 bits per heavy atom. The normalized spacial score (nSPS) is 10.5. The molecule has 0 saturated heterocycles. The first kappa shape index (κ1) is 24.4. The number of hydrogen-bond donors (Lipinski definition) is 2. The molecule has 2 aromatic rings. The summed E-state index contributed by atoms with van der Waals surface area (Å²) in [5.41, 5.74) is -0.381. The molecule has 31 heavy (non-hydrogen) atoms. The molecule has 8 nitrogen and oxygen atoms in total. The molecule has 0 saturated carbocycles. The molecule has 0 atom stereocenters. The minimum atomic E-state index is -0.915. The third-order valence-corrected chi connectivity index (χ3v) is 5.25. The van der Waals surface area contributed by atoms with Crippen LogP contribution in [0.5, 0.6) is 28.7 Å². The molecule has 2 rings (SSSR count). The zero-order valence-corrected chi connectivity index (χ0v) is 18.9. The van der Waals surface area contributed by atoms with Crippen LogP contribution in [0, 0.1) is 6.92 Å². The zero-order valence-electron chi connectivity index (χ0n) is 17.4.